The van der Waals surface area contributed by atoms with Gasteiger partial charge in [-0.05, 0) is 67.9 Å². The van der Waals surface area contributed by atoms with Gasteiger partial charge in [0.2, 0.25) is 0 Å². The van der Waals surface area contributed by atoms with Gasteiger partial charge >= 0.3 is 0 Å². The highest BCUT2D eigenvalue weighted by atomic mass is 35.5. The molecule has 4 fully saturated rings. The first-order valence-corrected chi connectivity index (χ1v) is 8.57. The van der Waals surface area contributed by atoms with Crippen LogP contribution in [0.4, 0.5) is 0 Å². The van der Waals surface area contributed by atoms with Crippen molar-refractivity contribution in [2.45, 2.75) is 50.6 Å². The quantitative estimate of drug-likeness (QED) is 0.823. The van der Waals surface area contributed by atoms with E-state index in [4.69, 9.17) is 23.2 Å². The first kappa shape index (κ1) is 13.4. The van der Waals surface area contributed by atoms with E-state index in [1.54, 1.807) is 0 Å². The second-order valence-corrected chi connectivity index (χ2v) is 8.05. The van der Waals surface area contributed by atoms with Crippen molar-refractivity contribution in [2.75, 3.05) is 0 Å². The number of rotatable bonds is 3. The maximum absolute atomic E-state index is 6.31. The highest BCUT2D eigenvalue weighted by Crippen LogP contribution is 2.55. The molecule has 3 heteroatoms. The Kier molecular flexibility index (Phi) is 3.29. The molecule has 1 nitrogen and oxygen atoms in total. The highest BCUT2D eigenvalue weighted by Gasteiger charge is 2.50. The average Bonchev–Trinajstić information content (AvgIpc) is 2.39. The lowest BCUT2D eigenvalue weighted by atomic mass is 9.53. The van der Waals surface area contributed by atoms with Crippen LogP contribution in [0.2, 0.25) is 10.0 Å². The van der Waals surface area contributed by atoms with Crippen LogP contribution < -0.4 is 5.32 Å². The van der Waals surface area contributed by atoms with Crippen LogP contribution in [-0.4, -0.2) is 5.54 Å². The molecule has 0 atom stereocenters. The van der Waals surface area contributed by atoms with Gasteiger partial charge in [-0.1, -0.05) is 35.3 Å². The standard InChI is InChI=1S/C17H21Cl2N/c18-15-3-1-2-14(16(15)19)10-20-17-7-11-4-12(8-17)6-13(5-11)9-17/h1-3,11-13,20H,4-10H2. The smallest absolute Gasteiger partial charge is 0.0637 e. The van der Waals surface area contributed by atoms with Crippen molar-refractivity contribution in [2.24, 2.45) is 17.8 Å². The fourth-order valence-electron chi connectivity index (χ4n) is 5.29. The molecule has 108 valence electrons. The zero-order chi connectivity index (χ0) is 13.7. The summed E-state index contributed by atoms with van der Waals surface area (Å²) in [5.41, 5.74) is 1.52. The number of nitrogens with one attached hydrogen (secondary N) is 1. The largest absolute Gasteiger partial charge is 0.307 e. The molecule has 0 heterocycles. The summed E-state index contributed by atoms with van der Waals surface area (Å²) in [5.74, 6) is 2.93. The number of benzene rings is 1. The summed E-state index contributed by atoms with van der Waals surface area (Å²) < 4.78 is 0. The van der Waals surface area contributed by atoms with E-state index in [0.717, 1.165) is 29.9 Å². The minimum Gasteiger partial charge on any atom is -0.307 e. The van der Waals surface area contributed by atoms with Gasteiger partial charge < -0.3 is 5.32 Å². The first-order chi connectivity index (χ1) is 9.63. The lowest BCUT2D eigenvalue weighted by molar-refractivity contribution is -0.0205. The van der Waals surface area contributed by atoms with Crippen molar-refractivity contribution >= 4 is 23.2 Å². The van der Waals surface area contributed by atoms with Gasteiger partial charge in [0.25, 0.3) is 0 Å². The van der Waals surface area contributed by atoms with Crippen molar-refractivity contribution in [3.8, 4) is 0 Å². The van der Waals surface area contributed by atoms with E-state index in [0.29, 0.717) is 15.6 Å². The molecule has 4 saturated carbocycles. The van der Waals surface area contributed by atoms with Gasteiger partial charge in [-0.15, -0.1) is 0 Å². The summed E-state index contributed by atoms with van der Waals surface area (Å²) in [6.45, 7) is 0.853. The molecule has 1 aromatic rings. The van der Waals surface area contributed by atoms with Crippen LogP contribution in [0.15, 0.2) is 18.2 Å². The van der Waals surface area contributed by atoms with E-state index in [2.05, 4.69) is 11.4 Å². The molecule has 0 radical (unpaired) electrons. The maximum Gasteiger partial charge on any atom is 0.0637 e. The Balaban J connectivity index is 1.50. The third kappa shape index (κ3) is 2.28. The molecular weight excluding hydrogens is 289 g/mol. The molecular formula is C17H21Cl2N. The van der Waals surface area contributed by atoms with Crippen LogP contribution in [-0.2, 0) is 6.54 Å². The van der Waals surface area contributed by atoms with Gasteiger partial charge in [0.1, 0.15) is 0 Å². The zero-order valence-electron chi connectivity index (χ0n) is 11.7. The molecule has 5 rings (SSSR count). The summed E-state index contributed by atoms with van der Waals surface area (Å²) in [4.78, 5) is 0. The molecule has 0 aliphatic heterocycles. The van der Waals surface area contributed by atoms with Crippen molar-refractivity contribution < 1.29 is 0 Å². The van der Waals surface area contributed by atoms with Gasteiger partial charge in [-0.3, -0.25) is 0 Å². The van der Waals surface area contributed by atoms with E-state index in [9.17, 15) is 0 Å². The van der Waals surface area contributed by atoms with E-state index >= 15 is 0 Å². The lowest BCUT2D eigenvalue weighted by Gasteiger charge is -2.57. The van der Waals surface area contributed by atoms with Crippen molar-refractivity contribution in [3.63, 3.8) is 0 Å². The molecule has 0 aromatic heterocycles. The molecule has 0 unspecified atom stereocenters. The Morgan fingerprint density at radius 1 is 1.00 bits per heavy atom. The third-order valence-corrected chi connectivity index (χ3v) is 6.58. The predicted octanol–water partition coefficient (Wildman–Crippen LogP) is 5.05. The summed E-state index contributed by atoms with van der Waals surface area (Å²) in [5, 5.41) is 5.25. The van der Waals surface area contributed by atoms with E-state index in [1.165, 1.54) is 38.5 Å². The molecule has 4 aliphatic rings. The van der Waals surface area contributed by atoms with Gasteiger partial charge in [0, 0.05) is 12.1 Å². The predicted molar refractivity (Wildman–Crippen MR) is 84.2 cm³/mol. The Morgan fingerprint density at radius 3 is 2.20 bits per heavy atom. The van der Waals surface area contributed by atoms with Crippen LogP contribution in [0.5, 0.6) is 0 Å². The third-order valence-electron chi connectivity index (χ3n) is 5.72. The Labute approximate surface area is 131 Å². The summed E-state index contributed by atoms with van der Waals surface area (Å²) in [7, 11) is 0. The second kappa shape index (κ2) is 4.90. The number of hydrogen-bond donors (Lipinski definition) is 1. The molecule has 1 N–H and O–H groups in total. The minimum absolute atomic E-state index is 0.389. The Bertz CT molecular complexity index is 490. The summed E-state index contributed by atoms with van der Waals surface area (Å²) in [6, 6.07) is 5.94. The van der Waals surface area contributed by atoms with Crippen molar-refractivity contribution in [1.29, 1.82) is 0 Å². The monoisotopic (exact) mass is 309 g/mol. The number of halogens is 2. The molecule has 0 spiro atoms. The van der Waals surface area contributed by atoms with E-state index in [1.807, 2.05) is 12.1 Å². The van der Waals surface area contributed by atoms with Crippen LogP contribution in [0.25, 0.3) is 0 Å². The van der Waals surface area contributed by atoms with Crippen LogP contribution >= 0.6 is 23.2 Å². The van der Waals surface area contributed by atoms with Crippen molar-refractivity contribution in [3.05, 3.63) is 33.8 Å². The second-order valence-electron chi connectivity index (χ2n) is 7.26. The van der Waals surface area contributed by atoms with Gasteiger partial charge in [-0.2, -0.15) is 0 Å². The minimum atomic E-state index is 0.389. The maximum atomic E-state index is 6.31. The van der Waals surface area contributed by atoms with Crippen LogP contribution in [0.3, 0.4) is 0 Å². The first-order valence-electron chi connectivity index (χ1n) is 7.81. The SMILES string of the molecule is Clc1cccc(CNC23CC4CC(CC(C4)C2)C3)c1Cl. The lowest BCUT2D eigenvalue weighted by Crippen LogP contribution is -2.58. The zero-order valence-corrected chi connectivity index (χ0v) is 13.2. The normalized spacial score (nSPS) is 38.4. The molecule has 1 aromatic carbocycles. The Morgan fingerprint density at radius 2 is 1.60 bits per heavy atom. The number of hydrogen-bond acceptors (Lipinski definition) is 1. The average molecular weight is 310 g/mol. The van der Waals surface area contributed by atoms with Crippen molar-refractivity contribution in [1.82, 2.24) is 5.32 Å². The fourth-order valence-corrected chi connectivity index (χ4v) is 5.68. The molecule has 0 amide bonds. The molecule has 4 bridgehead atoms. The van der Waals surface area contributed by atoms with E-state index < -0.39 is 0 Å². The van der Waals surface area contributed by atoms with Gasteiger partial charge in [0.05, 0.1) is 10.0 Å². The fraction of sp³-hybridized carbons (Fsp3) is 0.647. The topological polar surface area (TPSA) is 12.0 Å². The summed E-state index contributed by atoms with van der Waals surface area (Å²) >= 11 is 12.4. The van der Waals surface area contributed by atoms with Crippen LogP contribution in [0, 0.1) is 17.8 Å². The van der Waals surface area contributed by atoms with Gasteiger partial charge in [-0.25, -0.2) is 0 Å². The molecule has 0 saturated heterocycles. The Hall–Kier alpha value is -0.240. The summed E-state index contributed by atoms with van der Waals surface area (Å²) in [6.07, 6.45) is 8.57. The van der Waals surface area contributed by atoms with Crippen LogP contribution in [0.1, 0.15) is 44.1 Å². The molecule has 20 heavy (non-hydrogen) atoms. The highest BCUT2D eigenvalue weighted by molar-refractivity contribution is 6.42. The molecule has 4 aliphatic carbocycles. The van der Waals surface area contributed by atoms with E-state index in [-0.39, 0.29) is 0 Å². The van der Waals surface area contributed by atoms with Gasteiger partial charge in [0.15, 0.2) is 0 Å².